The lowest BCUT2D eigenvalue weighted by Gasteiger charge is -2.32. The fourth-order valence-corrected chi connectivity index (χ4v) is 3.85. The number of benzene rings is 2. The summed E-state index contributed by atoms with van der Waals surface area (Å²) in [5, 5.41) is 4.57. The van der Waals surface area contributed by atoms with Crippen molar-refractivity contribution in [1.82, 2.24) is 10.1 Å². The van der Waals surface area contributed by atoms with Crippen LogP contribution >= 0.6 is 0 Å². The van der Waals surface area contributed by atoms with E-state index in [1.54, 1.807) is 35.2 Å². The highest BCUT2D eigenvalue weighted by molar-refractivity contribution is 6.03. The Labute approximate surface area is 159 Å². The van der Waals surface area contributed by atoms with Crippen LogP contribution in [0.5, 0.6) is 0 Å². The maximum absolute atomic E-state index is 14.0. The van der Waals surface area contributed by atoms with Crippen LogP contribution in [0.2, 0.25) is 0 Å². The summed E-state index contributed by atoms with van der Waals surface area (Å²) in [5.74, 6) is -0.101. The molecule has 7 heteroatoms. The van der Waals surface area contributed by atoms with Crippen LogP contribution in [0.1, 0.15) is 46.6 Å². The van der Waals surface area contributed by atoms with E-state index in [0.717, 1.165) is 0 Å². The summed E-state index contributed by atoms with van der Waals surface area (Å²) >= 11 is 0. The van der Waals surface area contributed by atoms with Crippen LogP contribution in [-0.2, 0) is 0 Å². The molecule has 1 aromatic heterocycles. The molecule has 0 bridgehead atoms. The van der Waals surface area contributed by atoms with Crippen molar-refractivity contribution >= 4 is 16.8 Å². The van der Waals surface area contributed by atoms with Gasteiger partial charge in [-0.05, 0) is 42.0 Å². The van der Waals surface area contributed by atoms with E-state index in [1.807, 2.05) is 12.1 Å². The third-order valence-corrected chi connectivity index (χ3v) is 5.31. The van der Waals surface area contributed by atoms with Crippen LogP contribution in [0.15, 0.2) is 53.1 Å². The van der Waals surface area contributed by atoms with E-state index < -0.39 is 12.6 Å². The average molecular weight is 388 g/mol. The molecule has 3 aromatic rings. The zero-order valence-electron chi connectivity index (χ0n) is 15.0. The molecule has 0 spiro atoms. The van der Waals surface area contributed by atoms with E-state index in [4.69, 9.17) is 4.52 Å². The number of hydrogen-bond donors (Lipinski definition) is 0. The highest BCUT2D eigenvalue weighted by atomic mass is 19.3. The van der Waals surface area contributed by atoms with Crippen molar-refractivity contribution in [3.8, 4) is 0 Å². The molecular formula is C21H19F3N2O2. The van der Waals surface area contributed by atoms with Crippen LogP contribution in [0.3, 0.4) is 0 Å². The molecule has 2 aromatic carbocycles. The fraction of sp³-hybridized carbons (Fsp3) is 0.333. The van der Waals surface area contributed by atoms with Crippen molar-refractivity contribution in [3.63, 3.8) is 0 Å². The molecule has 0 aliphatic carbocycles. The maximum atomic E-state index is 14.0. The SMILES string of the molecule is O=C(c1onc2ccccc12)N1CCC(c2ccccc2C(F)C(F)F)CC1. The third kappa shape index (κ3) is 3.37. The normalized spacial score (nSPS) is 16.6. The number of piperidine rings is 1. The first kappa shape index (κ1) is 18.5. The Hall–Kier alpha value is -2.83. The van der Waals surface area contributed by atoms with E-state index in [9.17, 15) is 18.0 Å². The summed E-state index contributed by atoms with van der Waals surface area (Å²) in [5.41, 5.74) is 1.27. The summed E-state index contributed by atoms with van der Waals surface area (Å²) < 4.78 is 45.0. The van der Waals surface area contributed by atoms with Gasteiger partial charge in [0.2, 0.25) is 5.76 Å². The van der Waals surface area contributed by atoms with E-state index in [-0.39, 0.29) is 23.1 Å². The Balaban J connectivity index is 1.49. The smallest absolute Gasteiger partial charge is 0.293 e. The first-order valence-electron chi connectivity index (χ1n) is 9.21. The van der Waals surface area contributed by atoms with Gasteiger partial charge in [-0.25, -0.2) is 13.2 Å². The number of rotatable bonds is 4. The van der Waals surface area contributed by atoms with Gasteiger partial charge in [-0.15, -0.1) is 0 Å². The maximum Gasteiger partial charge on any atom is 0.293 e. The van der Waals surface area contributed by atoms with Crippen LogP contribution in [-0.4, -0.2) is 35.5 Å². The van der Waals surface area contributed by atoms with E-state index >= 15 is 0 Å². The highest BCUT2D eigenvalue weighted by Gasteiger charge is 2.31. The molecule has 146 valence electrons. The minimum atomic E-state index is -3.05. The van der Waals surface area contributed by atoms with Crippen molar-refractivity contribution in [2.45, 2.75) is 31.4 Å². The van der Waals surface area contributed by atoms with E-state index in [1.165, 1.54) is 6.07 Å². The lowest BCUT2D eigenvalue weighted by atomic mass is 9.85. The number of nitrogens with zero attached hydrogens (tertiary/aromatic N) is 2. The first-order valence-corrected chi connectivity index (χ1v) is 9.21. The number of hydrogen-bond acceptors (Lipinski definition) is 3. The lowest BCUT2D eigenvalue weighted by Crippen LogP contribution is -2.38. The van der Waals surface area contributed by atoms with Gasteiger partial charge in [0.25, 0.3) is 12.3 Å². The van der Waals surface area contributed by atoms with Gasteiger partial charge in [0.1, 0.15) is 5.52 Å². The molecule has 0 radical (unpaired) electrons. The Morgan fingerprint density at radius 1 is 1.04 bits per heavy atom. The molecule has 28 heavy (non-hydrogen) atoms. The van der Waals surface area contributed by atoms with Gasteiger partial charge in [-0.2, -0.15) is 0 Å². The first-order chi connectivity index (χ1) is 13.6. The second-order valence-corrected chi connectivity index (χ2v) is 6.96. The Kier molecular flexibility index (Phi) is 5.07. The standard InChI is InChI=1S/C21H19F3N2O2/c22-18(20(23)24)15-6-2-1-5-14(15)13-9-11-26(12-10-13)21(27)19-16-7-3-4-8-17(16)25-28-19/h1-8,13,18,20H,9-12H2. The van der Waals surface area contributed by atoms with Gasteiger partial charge < -0.3 is 9.42 Å². The quantitative estimate of drug-likeness (QED) is 0.623. The largest absolute Gasteiger partial charge is 0.350 e. The monoisotopic (exact) mass is 388 g/mol. The number of halogens is 3. The minimum Gasteiger partial charge on any atom is -0.350 e. The molecule has 1 amide bonds. The van der Waals surface area contributed by atoms with Crippen LogP contribution in [0.4, 0.5) is 13.2 Å². The predicted octanol–water partition coefficient (Wildman–Crippen LogP) is 5.12. The molecule has 1 atom stereocenters. The molecular weight excluding hydrogens is 369 g/mol. The van der Waals surface area contributed by atoms with E-state index in [0.29, 0.717) is 42.4 Å². The molecule has 1 unspecified atom stereocenters. The minimum absolute atomic E-state index is 0.0449. The van der Waals surface area contributed by atoms with Crippen molar-refractivity contribution in [2.75, 3.05) is 13.1 Å². The van der Waals surface area contributed by atoms with Gasteiger partial charge >= 0.3 is 0 Å². The van der Waals surface area contributed by atoms with Crippen molar-refractivity contribution in [2.24, 2.45) is 0 Å². The van der Waals surface area contributed by atoms with Crippen molar-refractivity contribution < 1.29 is 22.5 Å². The van der Waals surface area contributed by atoms with Gasteiger partial charge in [-0.1, -0.05) is 41.6 Å². The molecule has 1 aliphatic rings. The molecule has 1 saturated heterocycles. The number of fused-ring (bicyclic) bond motifs is 1. The topological polar surface area (TPSA) is 46.3 Å². The molecule has 4 nitrogen and oxygen atoms in total. The average Bonchev–Trinajstić information content (AvgIpc) is 3.17. The number of alkyl halides is 3. The van der Waals surface area contributed by atoms with Gasteiger partial charge in [0.05, 0.1) is 5.39 Å². The van der Waals surface area contributed by atoms with Crippen LogP contribution in [0.25, 0.3) is 10.9 Å². The molecule has 2 heterocycles. The van der Waals surface area contributed by atoms with E-state index in [2.05, 4.69) is 5.16 Å². The van der Waals surface area contributed by atoms with Crippen LogP contribution < -0.4 is 0 Å². The third-order valence-electron chi connectivity index (χ3n) is 5.31. The molecule has 4 rings (SSSR count). The van der Waals surface area contributed by atoms with Gasteiger partial charge in [-0.3, -0.25) is 4.79 Å². The number of likely N-dealkylation sites (tertiary alicyclic amines) is 1. The van der Waals surface area contributed by atoms with Crippen LogP contribution in [0, 0.1) is 0 Å². The van der Waals surface area contributed by atoms with Crippen molar-refractivity contribution in [1.29, 1.82) is 0 Å². The summed E-state index contributed by atoms with van der Waals surface area (Å²) in [6.45, 7) is 0.886. The second kappa shape index (κ2) is 7.66. The zero-order valence-corrected chi connectivity index (χ0v) is 15.0. The molecule has 1 fully saturated rings. The molecule has 1 aliphatic heterocycles. The fourth-order valence-electron chi connectivity index (χ4n) is 3.85. The number of carbonyl (C=O) groups is 1. The van der Waals surface area contributed by atoms with Gasteiger partial charge in [0, 0.05) is 13.1 Å². The molecule has 0 saturated carbocycles. The number of aromatic nitrogens is 1. The number of amides is 1. The van der Waals surface area contributed by atoms with Crippen molar-refractivity contribution in [3.05, 3.63) is 65.4 Å². The highest BCUT2D eigenvalue weighted by Crippen LogP contribution is 2.36. The molecule has 0 N–H and O–H groups in total. The predicted molar refractivity (Wildman–Crippen MR) is 98.2 cm³/mol. The summed E-state index contributed by atoms with van der Waals surface area (Å²) in [6.07, 6.45) is -4.20. The summed E-state index contributed by atoms with van der Waals surface area (Å²) in [6, 6.07) is 13.6. The lowest BCUT2D eigenvalue weighted by molar-refractivity contribution is 0.0485. The summed E-state index contributed by atoms with van der Waals surface area (Å²) in [7, 11) is 0. The Morgan fingerprint density at radius 2 is 1.71 bits per heavy atom. The Morgan fingerprint density at radius 3 is 2.46 bits per heavy atom. The number of carbonyl (C=O) groups excluding carboxylic acids is 1. The zero-order chi connectivity index (χ0) is 19.7. The Bertz CT molecular complexity index is 980. The van der Waals surface area contributed by atoms with Gasteiger partial charge in [0.15, 0.2) is 6.17 Å². The second-order valence-electron chi connectivity index (χ2n) is 6.96. The summed E-state index contributed by atoms with van der Waals surface area (Å²) in [4.78, 5) is 14.5.